The highest BCUT2D eigenvalue weighted by Crippen LogP contribution is 2.10. The molecule has 0 aliphatic heterocycles. The van der Waals surface area contributed by atoms with Gasteiger partial charge in [0.2, 0.25) is 10.0 Å². The molecule has 1 aromatic heterocycles. The maximum absolute atomic E-state index is 12.1. The molecule has 0 unspecified atom stereocenters. The average Bonchev–Trinajstić information content (AvgIpc) is 2.85. The number of sulfonamides is 1. The number of nitriles is 1. The zero-order valence-corrected chi connectivity index (χ0v) is 12.3. The van der Waals surface area contributed by atoms with Crippen LogP contribution in [-0.4, -0.2) is 29.7 Å². The number of nitrogens with zero attached hydrogens (tertiary/aromatic N) is 4. The van der Waals surface area contributed by atoms with Crippen LogP contribution in [-0.2, 0) is 29.9 Å². The minimum Gasteiger partial charge on any atom is -0.256 e. The van der Waals surface area contributed by atoms with Crippen molar-refractivity contribution in [2.75, 3.05) is 6.54 Å². The van der Waals surface area contributed by atoms with Gasteiger partial charge in [0.15, 0.2) is 5.82 Å². The van der Waals surface area contributed by atoms with Crippen LogP contribution in [0.25, 0.3) is 0 Å². The zero-order valence-electron chi connectivity index (χ0n) is 11.5. The first-order valence-electron chi connectivity index (χ1n) is 6.31. The Labute approximate surface area is 123 Å². The van der Waals surface area contributed by atoms with Crippen LogP contribution < -0.4 is 4.72 Å². The number of rotatable bonds is 6. The highest BCUT2D eigenvalue weighted by atomic mass is 32.2. The third-order valence-electron chi connectivity index (χ3n) is 2.80. The van der Waals surface area contributed by atoms with Crippen LogP contribution in [0.1, 0.15) is 11.4 Å². The minimum atomic E-state index is -3.55. The lowest BCUT2D eigenvalue weighted by molar-refractivity contribution is 0.580. The summed E-state index contributed by atoms with van der Waals surface area (Å²) in [6.07, 6.45) is 2.25. The first kappa shape index (κ1) is 15.2. The van der Waals surface area contributed by atoms with Gasteiger partial charge in [-0.2, -0.15) is 10.4 Å². The molecule has 8 heteroatoms. The van der Waals surface area contributed by atoms with Crippen molar-refractivity contribution in [1.29, 1.82) is 5.26 Å². The van der Waals surface area contributed by atoms with E-state index in [1.54, 1.807) is 30.2 Å². The smallest absolute Gasteiger partial charge is 0.240 e. The monoisotopic (exact) mass is 305 g/mol. The van der Waals surface area contributed by atoms with Crippen molar-refractivity contribution >= 4 is 10.0 Å². The molecule has 0 saturated heterocycles. The third kappa shape index (κ3) is 4.11. The standard InChI is InChI=1S/C13H15N5O2S/c1-18-10-15-13(17-18)7-9-16-21(19,20)12-4-2-11(3-5-12)6-8-14/h2-5,10,16H,6-7,9H2,1H3. The summed E-state index contributed by atoms with van der Waals surface area (Å²) in [5.41, 5.74) is 0.786. The van der Waals surface area contributed by atoms with E-state index in [1.165, 1.54) is 12.1 Å². The molecule has 0 saturated carbocycles. The van der Waals surface area contributed by atoms with Gasteiger partial charge < -0.3 is 0 Å². The molecule has 0 atom stereocenters. The fraction of sp³-hybridized carbons (Fsp3) is 0.308. The Balaban J connectivity index is 1.96. The van der Waals surface area contributed by atoms with E-state index in [0.29, 0.717) is 12.2 Å². The molecular formula is C13H15N5O2S. The second kappa shape index (κ2) is 6.47. The van der Waals surface area contributed by atoms with E-state index in [9.17, 15) is 8.42 Å². The molecule has 0 amide bonds. The largest absolute Gasteiger partial charge is 0.256 e. The van der Waals surface area contributed by atoms with Crippen molar-refractivity contribution in [3.05, 3.63) is 42.0 Å². The molecule has 2 rings (SSSR count). The average molecular weight is 305 g/mol. The van der Waals surface area contributed by atoms with Gasteiger partial charge in [0.1, 0.15) is 6.33 Å². The van der Waals surface area contributed by atoms with Crippen molar-refractivity contribution in [2.24, 2.45) is 7.05 Å². The Morgan fingerprint density at radius 2 is 2.05 bits per heavy atom. The zero-order chi connectivity index (χ0) is 15.3. The number of benzene rings is 1. The van der Waals surface area contributed by atoms with Crippen LogP contribution in [0.5, 0.6) is 0 Å². The maximum Gasteiger partial charge on any atom is 0.240 e. The predicted octanol–water partition coefficient (Wildman–Crippen LogP) is 0.402. The van der Waals surface area contributed by atoms with Crippen LogP contribution in [0.4, 0.5) is 0 Å². The molecule has 0 aliphatic carbocycles. The van der Waals surface area contributed by atoms with Crippen LogP contribution in [0.3, 0.4) is 0 Å². The van der Waals surface area contributed by atoms with Gasteiger partial charge in [-0.3, -0.25) is 4.68 Å². The molecule has 0 bridgehead atoms. The summed E-state index contributed by atoms with van der Waals surface area (Å²) < 4.78 is 28.2. The van der Waals surface area contributed by atoms with E-state index in [2.05, 4.69) is 14.8 Å². The van der Waals surface area contributed by atoms with E-state index >= 15 is 0 Å². The Kier molecular flexibility index (Phi) is 4.67. The molecular weight excluding hydrogens is 290 g/mol. The summed E-state index contributed by atoms with van der Waals surface area (Å²) in [4.78, 5) is 4.21. The fourth-order valence-corrected chi connectivity index (χ4v) is 2.79. The number of hydrogen-bond acceptors (Lipinski definition) is 5. The van der Waals surface area contributed by atoms with Crippen molar-refractivity contribution in [3.63, 3.8) is 0 Å². The summed E-state index contributed by atoms with van der Waals surface area (Å²) in [7, 11) is -1.80. The maximum atomic E-state index is 12.1. The Morgan fingerprint density at radius 1 is 1.33 bits per heavy atom. The molecule has 0 spiro atoms. The lowest BCUT2D eigenvalue weighted by Crippen LogP contribution is -2.26. The van der Waals surface area contributed by atoms with Crippen molar-refractivity contribution in [2.45, 2.75) is 17.7 Å². The molecule has 0 fully saturated rings. The van der Waals surface area contributed by atoms with Gasteiger partial charge >= 0.3 is 0 Å². The van der Waals surface area contributed by atoms with E-state index in [1.807, 2.05) is 6.07 Å². The van der Waals surface area contributed by atoms with Gasteiger partial charge in [-0.05, 0) is 17.7 Å². The quantitative estimate of drug-likeness (QED) is 0.832. The summed E-state index contributed by atoms with van der Waals surface area (Å²) >= 11 is 0. The van der Waals surface area contributed by atoms with Gasteiger partial charge in [-0.25, -0.2) is 18.1 Å². The number of nitrogens with one attached hydrogen (secondary N) is 1. The van der Waals surface area contributed by atoms with Crippen molar-refractivity contribution in [1.82, 2.24) is 19.5 Å². The minimum absolute atomic E-state index is 0.179. The molecule has 7 nitrogen and oxygen atoms in total. The Bertz CT molecular complexity index is 744. The second-order valence-corrected chi connectivity index (χ2v) is 6.23. The molecule has 110 valence electrons. The molecule has 0 aliphatic rings. The topological polar surface area (TPSA) is 101 Å². The van der Waals surface area contributed by atoms with E-state index in [4.69, 9.17) is 5.26 Å². The summed E-state index contributed by atoms with van der Waals surface area (Å²) in [5, 5.41) is 12.7. The Morgan fingerprint density at radius 3 is 2.62 bits per heavy atom. The van der Waals surface area contributed by atoms with Crippen LogP contribution in [0.15, 0.2) is 35.5 Å². The van der Waals surface area contributed by atoms with Gasteiger partial charge in [-0.1, -0.05) is 12.1 Å². The summed E-state index contributed by atoms with van der Waals surface area (Å²) in [6.45, 7) is 0.228. The van der Waals surface area contributed by atoms with Gasteiger partial charge in [0, 0.05) is 20.0 Å². The summed E-state index contributed by atoms with van der Waals surface area (Å²) in [5.74, 6) is 0.588. The molecule has 1 heterocycles. The molecule has 1 aromatic carbocycles. The first-order valence-corrected chi connectivity index (χ1v) is 7.79. The molecule has 21 heavy (non-hydrogen) atoms. The number of hydrogen-bond donors (Lipinski definition) is 1. The normalized spacial score (nSPS) is 11.2. The van der Waals surface area contributed by atoms with Gasteiger partial charge in [0.05, 0.1) is 17.4 Å². The lowest BCUT2D eigenvalue weighted by atomic mass is 10.2. The van der Waals surface area contributed by atoms with Crippen LogP contribution in [0, 0.1) is 11.3 Å². The number of aromatic nitrogens is 3. The van der Waals surface area contributed by atoms with E-state index < -0.39 is 10.0 Å². The highest BCUT2D eigenvalue weighted by Gasteiger charge is 2.13. The SMILES string of the molecule is Cn1cnc(CCNS(=O)(=O)c2ccc(CC#N)cc2)n1. The van der Waals surface area contributed by atoms with Gasteiger partial charge in [0.25, 0.3) is 0 Å². The van der Waals surface area contributed by atoms with Crippen molar-refractivity contribution < 1.29 is 8.42 Å². The first-order chi connectivity index (χ1) is 10.0. The second-order valence-electron chi connectivity index (χ2n) is 4.46. The number of aryl methyl sites for hydroxylation is 1. The Hall–Kier alpha value is -2.24. The molecule has 1 N–H and O–H groups in total. The fourth-order valence-electron chi connectivity index (χ4n) is 1.76. The highest BCUT2D eigenvalue weighted by molar-refractivity contribution is 7.89. The summed E-state index contributed by atoms with van der Waals surface area (Å²) in [6, 6.07) is 8.28. The van der Waals surface area contributed by atoms with Crippen LogP contribution in [0.2, 0.25) is 0 Å². The van der Waals surface area contributed by atoms with E-state index in [0.717, 1.165) is 5.56 Å². The third-order valence-corrected chi connectivity index (χ3v) is 4.28. The molecule has 0 radical (unpaired) electrons. The van der Waals surface area contributed by atoms with Gasteiger partial charge in [-0.15, -0.1) is 0 Å². The molecule has 2 aromatic rings. The van der Waals surface area contributed by atoms with E-state index in [-0.39, 0.29) is 17.9 Å². The lowest BCUT2D eigenvalue weighted by Gasteiger charge is -2.06. The van der Waals surface area contributed by atoms with Crippen LogP contribution >= 0.6 is 0 Å². The predicted molar refractivity (Wildman–Crippen MR) is 75.7 cm³/mol. The van der Waals surface area contributed by atoms with Crippen molar-refractivity contribution in [3.8, 4) is 6.07 Å².